The Balaban J connectivity index is 2.21. The molecule has 0 aromatic heterocycles. The number of phenols is 2. The topological polar surface area (TPSA) is 113 Å². The van der Waals surface area contributed by atoms with Crippen molar-refractivity contribution in [3.63, 3.8) is 0 Å². The molecule has 3 N–H and O–H groups in total. The van der Waals surface area contributed by atoms with Gasteiger partial charge >= 0.3 is 5.97 Å². The Morgan fingerprint density at radius 2 is 1.96 bits per heavy atom. The Hall–Kier alpha value is -2.83. The first-order valence-electron chi connectivity index (χ1n) is 7.01. The second-order valence-corrected chi connectivity index (χ2v) is 5.26. The van der Waals surface area contributed by atoms with Gasteiger partial charge in [0, 0.05) is 12.0 Å². The highest BCUT2D eigenvalue weighted by atomic mass is 16.5. The zero-order valence-corrected chi connectivity index (χ0v) is 12.8. The third kappa shape index (κ3) is 3.33. The smallest absolute Gasteiger partial charge is 0.305 e. The Morgan fingerprint density at radius 1 is 1.26 bits per heavy atom. The van der Waals surface area contributed by atoms with E-state index in [0.717, 1.165) is 5.57 Å². The number of carbonyl (C=O) groups excluding carboxylic acids is 3. The van der Waals surface area contributed by atoms with Gasteiger partial charge in [-0.1, -0.05) is 11.6 Å². The van der Waals surface area contributed by atoms with Gasteiger partial charge in [0.05, 0.1) is 18.2 Å². The molecule has 0 saturated heterocycles. The third-order valence-electron chi connectivity index (χ3n) is 3.69. The van der Waals surface area contributed by atoms with Gasteiger partial charge in [-0.2, -0.15) is 0 Å². The minimum atomic E-state index is -0.685. The van der Waals surface area contributed by atoms with E-state index in [1.54, 1.807) is 13.0 Å². The fraction of sp³-hybridized carbons (Fsp3) is 0.312. The van der Waals surface area contributed by atoms with Crippen molar-refractivity contribution in [3.8, 4) is 11.5 Å². The number of esters is 1. The second-order valence-electron chi connectivity index (χ2n) is 5.26. The quantitative estimate of drug-likeness (QED) is 0.430. The molecule has 0 unspecified atom stereocenters. The van der Waals surface area contributed by atoms with Crippen LogP contribution in [0.2, 0.25) is 0 Å². The zero-order chi connectivity index (χ0) is 17.1. The highest BCUT2D eigenvalue weighted by molar-refractivity contribution is 6.23. The number of hydrogen-bond acceptors (Lipinski definition) is 6. The lowest BCUT2D eigenvalue weighted by Crippen LogP contribution is -2.19. The van der Waals surface area contributed by atoms with E-state index in [2.05, 4.69) is 10.1 Å². The minimum absolute atomic E-state index is 0.0415. The van der Waals surface area contributed by atoms with Crippen LogP contribution in [0.5, 0.6) is 11.5 Å². The number of allylic oxidation sites excluding steroid dienone is 2. The number of carbonyl (C=O) groups is 3. The van der Waals surface area contributed by atoms with Crippen molar-refractivity contribution in [2.75, 3.05) is 7.11 Å². The summed E-state index contributed by atoms with van der Waals surface area (Å²) in [4.78, 5) is 34.3. The Bertz CT molecular complexity index is 720. The maximum absolute atomic E-state index is 11.7. The van der Waals surface area contributed by atoms with Crippen LogP contribution >= 0.6 is 0 Å². The molecule has 2 rings (SSSR count). The van der Waals surface area contributed by atoms with E-state index in [0.29, 0.717) is 6.42 Å². The number of phenolic OH excluding ortho intramolecular Hbond substituents is 2. The van der Waals surface area contributed by atoms with Crippen LogP contribution in [-0.2, 0) is 16.0 Å². The second kappa shape index (κ2) is 6.51. The van der Waals surface area contributed by atoms with Crippen molar-refractivity contribution >= 4 is 17.8 Å². The van der Waals surface area contributed by atoms with Gasteiger partial charge in [0.25, 0.3) is 11.8 Å². The lowest BCUT2D eigenvalue weighted by atomic mass is 9.99. The number of rotatable bonds is 5. The van der Waals surface area contributed by atoms with E-state index in [1.165, 1.54) is 13.2 Å². The summed E-state index contributed by atoms with van der Waals surface area (Å²) in [6, 6.07) is 1.17. The van der Waals surface area contributed by atoms with E-state index in [4.69, 9.17) is 0 Å². The normalized spacial score (nSPS) is 13.7. The molecule has 1 aromatic rings. The van der Waals surface area contributed by atoms with E-state index in [9.17, 15) is 24.6 Å². The number of fused-ring (bicyclic) bond motifs is 1. The number of ether oxygens (including phenoxy) is 1. The van der Waals surface area contributed by atoms with Crippen LogP contribution in [0.15, 0.2) is 17.7 Å². The first kappa shape index (κ1) is 16.5. The molecule has 0 fully saturated rings. The van der Waals surface area contributed by atoms with Gasteiger partial charge in [-0.05, 0) is 25.8 Å². The average Bonchev–Trinajstić information content (AvgIpc) is 2.78. The minimum Gasteiger partial charge on any atom is -0.507 e. The summed E-state index contributed by atoms with van der Waals surface area (Å²) in [5.41, 5.74) is 0.866. The first-order chi connectivity index (χ1) is 10.8. The van der Waals surface area contributed by atoms with Crippen LogP contribution < -0.4 is 5.32 Å². The molecule has 2 amide bonds. The largest absolute Gasteiger partial charge is 0.507 e. The number of aromatic hydroxyl groups is 2. The molecule has 1 aromatic carbocycles. The van der Waals surface area contributed by atoms with Crippen LogP contribution in [-0.4, -0.2) is 35.1 Å². The van der Waals surface area contributed by atoms with E-state index in [1.807, 2.05) is 0 Å². The molecule has 0 atom stereocenters. The summed E-state index contributed by atoms with van der Waals surface area (Å²) >= 11 is 0. The molecule has 1 aliphatic rings. The van der Waals surface area contributed by atoms with Gasteiger partial charge in [0.2, 0.25) is 0 Å². The van der Waals surface area contributed by atoms with Gasteiger partial charge in [-0.3, -0.25) is 19.7 Å². The number of benzene rings is 1. The Kier molecular flexibility index (Phi) is 4.68. The standard InChI is InChI=1S/C16H17NO6/c1-8(4-6-12(19)23-2)3-5-9-11(18)7-10-13(14(9)20)16(22)17-15(10)21/h3,7,18,20H,4-6H2,1-2H3,(H,17,21,22)/b8-3+. The van der Waals surface area contributed by atoms with Crippen LogP contribution in [0.4, 0.5) is 0 Å². The molecule has 1 aliphatic heterocycles. The lowest BCUT2D eigenvalue weighted by Gasteiger charge is -2.09. The maximum atomic E-state index is 11.7. The SMILES string of the molecule is COC(=O)CC/C(C)=C/Cc1c(O)cc2c(c1O)C(=O)NC2=O. The fourth-order valence-electron chi connectivity index (χ4n) is 2.32. The van der Waals surface area contributed by atoms with Gasteiger partial charge in [-0.15, -0.1) is 0 Å². The van der Waals surface area contributed by atoms with E-state index < -0.39 is 17.6 Å². The van der Waals surface area contributed by atoms with Crippen molar-refractivity contribution < 1.29 is 29.3 Å². The number of methoxy groups -OCH3 is 1. The van der Waals surface area contributed by atoms with Gasteiger partial charge in [0.1, 0.15) is 11.5 Å². The van der Waals surface area contributed by atoms with E-state index >= 15 is 0 Å². The molecule has 23 heavy (non-hydrogen) atoms. The fourth-order valence-corrected chi connectivity index (χ4v) is 2.32. The van der Waals surface area contributed by atoms with Crippen molar-refractivity contribution in [2.24, 2.45) is 0 Å². The molecule has 7 heteroatoms. The first-order valence-corrected chi connectivity index (χ1v) is 7.01. The highest BCUT2D eigenvalue weighted by Crippen LogP contribution is 2.36. The molecule has 0 spiro atoms. The van der Waals surface area contributed by atoms with Crippen molar-refractivity contribution in [1.82, 2.24) is 5.32 Å². The maximum Gasteiger partial charge on any atom is 0.305 e. The molecule has 122 valence electrons. The number of nitrogens with one attached hydrogen (secondary N) is 1. The zero-order valence-electron chi connectivity index (χ0n) is 12.8. The summed E-state index contributed by atoms with van der Waals surface area (Å²) in [5.74, 6) is -2.32. The molecule has 0 radical (unpaired) electrons. The lowest BCUT2D eigenvalue weighted by molar-refractivity contribution is -0.140. The predicted molar refractivity (Wildman–Crippen MR) is 80.3 cm³/mol. The number of hydrogen-bond donors (Lipinski definition) is 3. The van der Waals surface area contributed by atoms with Crippen LogP contribution in [0.3, 0.4) is 0 Å². The van der Waals surface area contributed by atoms with Crippen LogP contribution in [0.25, 0.3) is 0 Å². The number of imide groups is 1. The third-order valence-corrected chi connectivity index (χ3v) is 3.69. The van der Waals surface area contributed by atoms with Gasteiger partial charge < -0.3 is 14.9 Å². The summed E-state index contributed by atoms with van der Waals surface area (Å²) < 4.78 is 4.55. The van der Waals surface area contributed by atoms with E-state index in [-0.39, 0.29) is 41.3 Å². The molecular formula is C16H17NO6. The van der Waals surface area contributed by atoms with Crippen LogP contribution in [0, 0.1) is 0 Å². The Morgan fingerprint density at radius 3 is 2.61 bits per heavy atom. The number of amides is 2. The van der Waals surface area contributed by atoms with Crippen molar-refractivity contribution in [1.29, 1.82) is 0 Å². The summed E-state index contributed by atoms with van der Waals surface area (Å²) in [6.45, 7) is 1.81. The van der Waals surface area contributed by atoms with Gasteiger partial charge in [-0.25, -0.2) is 0 Å². The van der Waals surface area contributed by atoms with Crippen molar-refractivity contribution in [2.45, 2.75) is 26.2 Å². The van der Waals surface area contributed by atoms with Crippen LogP contribution in [0.1, 0.15) is 46.0 Å². The molecule has 1 heterocycles. The molecular weight excluding hydrogens is 302 g/mol. The average molecular weight is 319 g/mol. The summed E-state index contributed by atoms with van der Waals surface area (Å²) in [5, 5.41) is 22.2. The predicted octanol–water partition coefficient (Wildman–Crippen LogP) is 1.42. The van der Waals surface area contributed by atoms with Crippen molar-refractivity contribution in [3.05, 3.63) is 34.4 Å². The molecule has 0 aliphatic carbocycles. The monoisotopic (exact) mass is 319 g/mol. The highest BCUT2D eigenvalue weighted by Gasteiger charge is 2.32. The molecule has 7 nitrogen and oxygen atoms in total. The summed E-state index contributed by atoms with van der Waals surface area (Å²) in [7, 11) is 1.31. The summed E-state index contributed by atoms with van der Waals surface area (Å²) in [6.07, 6.45) is 2.62. The molecule has 0 bridgehead atoms. The molecule has 0 saturated carbocycles. The van der Waals surface area contributed by atoms with Gasteiger partial charge in [0.15, 0.2) is 0 Å². The Labute approximate surface area is 132 Å².